The summed E-state index contributed by atoms with van der Waals surface area (Å²) in [5.74, 6) is -2.31. The number of fused-ring (bicyclic) bond motifs is 5. The highest BCUT2D eigenvalue weighted by Crippen LogP contribution is 2.52. The number of hydrogen-bond donors (Lipinski definition) is 0. The van der Waals surface area contributed by atoms with E-state index in [1.807, 2.05) is 0 Å². The smallest absolute Gasteiger partial charge is 0.302 e. The van der Waals surface area contributed by atoms with Gasteiger partial charge in [0.2, 0.25) is 17.7 Å². The summed E-state index contributed by atoms with van der Waals surface area (Å²) in [6.45, 7) is 1.16. The number of carbonyl (C=O) groups excluding carboxylic acids is 3. The summed E-state index contributed by atoms with van der Waals surface area (Å²) < 4.78 is 15.8. The molecule has 2 saturated heterocycles. The van der Waals surface area contributed by atoms with Crippen molar-refractivity contribution in [2.75, 3.05) is 18.6 Å². The van der Waals surface area contributed by atoms with Crippen LogP contribution < -0.4 is 9.64 Å². The third-order valence-corrected chi connectivity index (χ3v) is 4.72. The number of hydrogen-bond acceptors (Lipinski definition) is 8. The molecule has 2 bridgehead atoms. The highest BCUT2D eigenvalue weighted by Gasteiger charge is 2.68. The minimum absolute atomic E-state index is 0.113. The number of aromatic nitrogens is 2. The van der Waals surface area contributed by atoms with Crippen LogP contribution in [0, 0.1) is 11.8 Å². The van der Waals surface area contributed by atoms with Gasteiger partial charge in [0, 0.05) is 13.0 Å². The average molecular weight is 345 g/mol. The molecule has 1 aromatic heterocycles. The first-order valence-electron chi connectivity index (χ1n) is 7.73. The van der Waals surface area contributed by atoms with Crippen LogP contribution in [0.1, 0.15) is 6.92 Å². The van der Waals surface area contributed by atoms with Gasteiger partial charge in [0.15, 0.2) is 5.82 Å². The molecule has 9 heteroatoms. The minimum atomic E-state index is -1.11. The van der Waals surface area contributed by atoms with Gasteiger partial charge >= 0.3 is 5.97 Å². The average Bonchev–Trinajstić information content (AvgIpc) is 3.24. The first-order chi connectivity index (χ1) is 12.0. The Morgan fingerprint density at radius 1 is 1.32 bits per heavy atom. The van der Waals surface area contributed by atoms with Crippen LogP contribution >= 0.6 is 0 Å². The van der Waals surface area contributed by atoms with Gasteiger partial charge in [-0.1, -0.05) is 6.08 Å². The summed E-state index contributed by atoms with van der Waals surface area (Å²) in [7, 11) is 1.44. The van der Waals surface area contributed by atoms with Gasteiger partial charge in [0.05, 0.1) is 25.0 Å². The number of esters is 1. The fourth-order valence-electron chi connectivity index (χ4n) is 3.65. The van der Waals surface area contributed by atoms with E-state index in [4.69, 9.17) is 14.2 Å². The van der Waals surface area contributed by atoms with Crippen LogP contribution in [0.5, 0.6) is 5.88 Å². The number of methoxy groups -OCH3 is 1. The van der Waals surface area contributed by atoms with E-state index < -0.39 is 41.3 Å². The van der Waals surface area contributed by atoms with E-state index in [9.17, 15) is 14.4 Å². The lowest BCUT2D eigenvalue weighted by Gasteiger charge is -2.27. The van der Waals surface area contributed by atoms with Gasteiger partial charge in [-0.05, 0) is 12.1 Å². The molecule has 0 saturated carbocycles. The second-order valence-electron chi connectivity index (χ2n) is 6.13. The number of anilines is 1. The standard InChI is InChI=1S/C16H15N3O6/c1-8(20)24-7-16-6-5-9(25-16)12-13(16)15(22)19(14(12)21)10-3-4-11(23-2)18-17-10/h3-6,9,12-13H,7H2,1-2H3/t9-,12+,13-,16+/m1/s1. The maximum atomic E-state index is 12.9. The van der Waals surface area contributed by atoms with Crippen molar-refractivity contribution in [2.24, 2.45) is 11.8 Å². The summed E-state index contributed by atoms with van der Waals surface area (Å²) in [6.07, 6.45) is 2.92. The molecule has 25 heavy (non-hydrogen) atoms. The summed E-state index contributed by atoms with van der Waals surface area (Å²) in [5.41, 5.74) is -1.11. The van der Waals surface area contributed by atoms with Crippen molar-refractivity contribution in [3.63, 3.8) is 0 Å². The monoisotopic (exact) mass is 345 g/mol. The Morgan fingerprint density at radius 3 is 2.76 bits per heavy atom. The second-order valence-corrected chi connectivity index (χ2v) is 6.13. The molecule has 2 amide bonds. The highest BCUT2D eigenvalue weighted by molar-refractivity contribution is 6.22. The predicted molar refractivity (Wildman–Crippen MR) is 81.4 cm³/mol. The number of rotatable bonds is 4. The van der Waals surface area contributed by atoms with E-state index >= 15 is 0 Å². The molecule has 0 spiro atoms. The van der Waals surface area contributed by atoms with E-state index in [1.54, 1.807) is 12.2 Å². The molecule has 4 heterocycles. The molecule has 0 aromatic carbocycles. The lowest BCUT2D eigenvalue weighted by molar-refractivity contribution is -0.150. The summed E-state index contributed by atoms with van der Waals surface area (Å²) >= 11 is 0. The molecule has 0 aliphatic carbocycles. The number of amides is 2. The minimum Gasteiger partial charge on any atom is -0.480 e. The van der Waals surface area contributed by atoms with Crippen LogP contribution in [0.4, 0.5) is 5.82 Å². The molecular weight excluding hydrogens is 330 g/mol. The third kappa shape index (κ3) is 2.15. The molecule has 0 unspecified atom stereocenters. The molecule has 0 radical (unpaired) electrons. The summed E-state index contributed by atoms with van der Waals surface area (Å²) in [6, 6.07) is 3.02. The van der Waals surface area contributed by atoms with Crippen molar-refractivity contribution < 1.29 is 28.6 Å². The van der Waals surface area contributed by atoms with Crippen LogP contribution in [-0.2, 0) is 23.9 Å². The molecule has 0 N–H and O–H groups in total. The molecule has 4 rings (SSSR count). The molecule has 2 fully saturated rings. The Morgan fingerprint density at radius 2 is 2.12 bits per heavy atom. The SMILES string of the molecule is COc1ccc(N2C(=O)[C@H]3[C@H]4C=C[C@@](COC(C)=O)(O4)[C@H]3C2=O)nn1. The van der Waals surface area contributed by atoms with Crippen molar-refractivity contribution in [3.05, 3.63) is 24.3 Å². The predicted octanol–water partition coefficient (Wildman–Crippen LogP) is -0.139. The number of nitrogens with zero attached hydrogens (tertiary/aromatic N) is 3. The van der Waals surface area contributed by atoms with E-state index in [0.29, 0.717) is 0 Å². The van der Waals surface area contributed by atoms with Gasteiger partial charge in [-0.15, -0.1) is 10.2 Å². The van der Waals surface area contributed by atoms with Gasteiger partial charge in [0.1, 0.15) is 12.2 Å². The summed E-state index contributed by atoms with van der Waals surface area (Å²) in [4.78, 5) is 37.9. The Labute approximate surface area is 142 Å². The number of imide groups is 1. The quantitative estimate of drug-likeness (QED) is 0.422. The van der Waals surface area contributed by atoms with Crippen LogP contribution in [0.2, 0.25) is 0 Å². The third-order valence-electron chi connectivity index (χ3n) is 4.72. The van der Waals surface area contributed by atoms with Gasteiger partial charge in [-0.3, -0.25) is 14.4 Å². The molecule has 9 nitrogen and oxygen atoms in total. The Kier molecular flexibility index (Phi) is 3.36. The van der Waals surface area contributed by atoms with Gasteiger partial charge in [0.25, 0.3) is 0 Å². The van der Waals surface area contributed by atoms with Crippen LogP contribution in [-0.4, -0.2) is 53.4 Å². The van der Waals surface area contributed by atoms with E-state index in [-0.39, 0.29) is 18.3 Å². The zero-order chi connectivity index (χ0) is 17.8. The first kappa shape index (κ1) is 15.7. The zero-order valence-electron chi connectivity index (χ0n) is 13.5. The van der Waals surface area contributed by atoms with E-state index in [1.165, 1.54) is 26.2 Å². The molecule has 130 valence electrons. The van der Waals surface area contributed by atoms with Gasteiger partial charge in [-0.25, -0.2) is 4.90 Å². The van der Waals surface area contributed by atoms with Crippen LogP contribution in [0.3, 0.4) is 0 Å². The number of carbonyl (C=O) groups is 3. The zero-order valence-corrected chi connectivity index (χ0v) is 13.5. The molecule has 3 aliphatic heterocycles. The van der Waals surface area contributed by atoms with Crippen molar-refractivity contribution in [1.29, 1.82) is 0 Å². The topological polar surface area (TPSA) is 108 Å². The van der Waals surface area contributed by atoms with Crippen molar-refractivity contribution in [1.82, 2.24) is 10.2 Å². The Balaban J connectivity index is 1.66. The largest absolute Gasteiger partial charge is 0.480 e. The van der Waals surface area contributed by atoms with E-state index in [2.05, 4.69) is 10.2 Å². The van der Waals surface area contributed by atoms with Crippen molar-refractivity contribution in [3.8, 4) is 5.88 Å². The Bertz CT molecular complexity index is 792. The normalized spacial score (nSPS) is 32.2. The number of ether oxygens (including phenoxy) is 3. The second kappa shape index (κ2) is 5.35. The highest BCUT2D eigenvalue weighted by atomic mass is 16.6. The van der Waals surface area contributed by atoms with Crippen LogP contribution in [0.15, 0.2) is 24.3 Å². The fraction of sp³-hybridized carbons (Fsp3) is 0.438. The van der Waals surface area contributed by atoms with Gasteiger partial charge in [-0.2, -0.15) is 0 Å². The maximum absolute atomic E-state index is 12.9. The molecular formula is C16H15N3O6. The fourth-order valence-corrected chi connectivity index (χ4v) is 3.65. The van der Waals surface area contributed by atoms with Crippen molar-refractivity contribution in [2.45, 2.75) is 18.6 Å². The molecule has 3 aliphatic rings. The molecule has 4 atom stereocenters. The Hall–Kier alpha value is -2.81. The van der Waals surface area contributed by atoms with Crippen LogP contribution in [0.25, 0.3) is 0 Å². The lowest BCUT2D eigenvalue weighted by atomic mass is 9.77. The van der Waals surface area contributed by atoms with Crippen molar-refractivity contribution >= 4 is 23.6 Å². The lowest BCUT2D eigenvalue weighted by Crippen LogP contribution is -2.44. The summed E-state index contributed by atoms with van der Waals surface area (Å²) in [5, 5.41) is 7.69. The first-order valence-corrected chi connectivity index (χ1v) is 7.73. The van der Waals surface area contributed by atoms with E-state index in [0.717, 1.165) is 4.90 Å². The molecule has 1 aromatic rings. The van der Waals surface area contributed by atoms with Gasteiger partial charge < -0.3 is 14.2 Å². The maximum Gasteiger partial charge on any atom is 0.302 e.